The Kier molecular flexibility index (Phi) is 3.46. The first-order valence-electron chi connectivity index (χ1n) is 7.54. The molecule has 3 nitrogen and oxygen atoms in total. The Morgan fingerprint density at radius 1 is 1.23 bits per heavy atom. The van der Waals surface area contributed by atoms with E-state index < -0.39 is 5.24 Å². The summed E-state index contributed by atoms with van der Waals surface area (Å²) in [4.78, 5) is 2.28. The van der Waals surface area contributed by atoms with Crippen LogP contribution in [0.25, 0.3) is 11.3 Å². The normalized spacial score (nSPS) is 17.5. The summed E-state index contributed by atoms with van der Waals surface area (Å²) in [6.07, 6.45) is 1.85. The fourth-order valence-electron chi connectivity index (χ4n) is 3.11. The molecule has 1 atom stereocenters. The zero-order chi connectivity index (χ0) is 16.2. The minimum absolute atomic E-state index is 0.179. The second-order valence-electron chi connectivity index (χ2n) is 6.45. The van der Waals surface area contributed by atoms with Crippen LogP contribution in [-0.4, -0.2) is 40.4 Å². The molecule has 0 aliphatic carbocycles. The van der Waals surface area contributed by atoms with E-state index in [1.54, 1.807) is 0 Å². The van der Waals surface area contributed by atoms with Gasteiger partial charge in [-0.1, -0.05) is 32.0 Å². The van der Waals surface area contributed by atoms with Crippen LogP contribution in [0.4, 0.5) is 5.69 Å². The van der Waals surface area contributed by atoms with Crippen LogP contribution in [0.15, 0.2) is 24.4 Å². The van der Waals surface area contributed by atoms with Crippen LogP contribution in [-0.2, 0) is 5.24 Å². The van der Waals surface area contributed by atoms with E-state index in [2.05, 4.69) is 56.0 Å². The van der Waals surface area contributed by atoms with E-state index in [0.29, 0.717) is 5.92 Å². The van der Waals surface area contributed by atoms with E-state index in [1.807, 2.05) is 6.20 Å². The highest BCUT2D eigenvalue weighted by Crippen LogP contribution is 2.46. The first kappa shape index (κ1) is 15.3. The molecule has 1 unspecified atom stereocenters. The summed E-state index contributed by atoms with van der Waals surface area (Å²) in [5.41, 5.74) is 5.63. The lowest BCUT2D eigenvalue weighted by Gasteiger charge is -2.35. The van der Waals surface area contributed by atoms with Crippen LogP contribution in [0.3, 0.4) is 0 Å². The number of nitrogens with zero attached hydrogens (tertiary/aromatic N) is 3. The molecule has 0 N–H and O–H groups in total. The zero-order valence-corrected chi connectivity index (χ0v) is 13.5. The van der Waals surface area contributed by atoms with E-state index in [-0.39, 0.29) is 6.04 Å². The molecule has 1 aromatic carbocycles. The molecule has 106 valence electrons. The number of anilines is 1. The van der Waals surface area contributed by atoms with Crippen molar-refractivity contribution < 1.29 is 0 Å². The molecule has 0 saturated heterocycles. The Morgan fingerprint density at radius 3 is 2.50 bits per heavy atom. The minimum atomic E-state index is -1.49. The molecule has 3 rings (SSSR count). The predicted octanol–water partition coefficient (Wildman–Crippen LogP) is 2.26. The highest BCUT2D eigenvalue weighted by atomic mass is 15.3. The number of hydrogen-bond donors (Lipinski definition) is 0. The van der Waals surface area contributed by atoms with E-state index in [0.717, 1.165) is 16.8 Å². The second-order valence-corrected chi connectivity index (χ2v) is 6.45. The van der Waals surface area contributed by atoms with Crippen LogP contribution in [0, 0.1) is 0 Å². The second kappa shape index (κ2) is 4.97. The van der Waals surface area contributed by atoms with Crippen molar-refractivity contribution in [2.75, 3.05) is 11.9 Å². The van der Waals surface area contributed by atoms with Crippen molar-refractivity contribution in [3.63, 3.8) is 0 Å². The molecule has 6 heteroatoms. The summed E-state index contributed by atoms with van der Waals surface area (Å²) in [6.45, 7) is 6.55. The van der Waals surface area contributed by atoms with E-state index in [1.165, 1.54) is 15.9 Å². The molecule has 0 bridgehead atoms. The largest absolute Gasteiger partial charge is 0.367 e. The lowest BCUT2D eigenvalue weighted by Crippen LogP contribution is -2.35. The molecule has 0 saturated carbocycles. The molecular weight excluding hydrogens is 267 g/mol. The predicted molar refractivity (Wildman–Crippen MR) is 93.8 cm³/mol. The maximum Gasteiger partial charge on any atom is 0.0996 e. The van der Waals surface area contributed by atoms with E-state index in [9.17, 15) is 0 Å². The monoisotopic (exact) mass is 285 g/mol. The molecule has 6 radical (unpaired) electrons. The molecule has 2 heterocycles. The van der Waals surface area contributed by atoms with Crippen LogP contribution in [0.5, 0.6) is 0 Å². The Morgan fingerprint density at radius 2 is 1.91 bits per heavy atom. The lowest BCUT2D eigenvalue weighted by atomic mass is 9.49. The topological polar surface area (TPSA) is 21.1 Å². The van der Waals surface area contributed by atoms with Gasteiger partial charge in [-0.15, -0.1) is 0 Å². The Bertz CT molecular complexity index is 716. The molecule has 0 amide bonds. The van der Waals surface area contributed by atoms with Crippen LogP contribution >= 0.6 is 0 Å². The number of aromatic nitrogens is 2. The highest BCUT2D eigenvalue weighted by molar-refractivity contribution is 6.56. The van der Waals surface area contributed by atoms with Gasteiger partial charge in [-0.05, 0) is 23.6 Å². The maximum atomic E-state index is 5.79. The number of benzene rings is 1. The lowest BCUT2D eigenvalue weighted by molar-refractivity contribution is 0.670. The summed E-state index contributed by atoms with van der Waals surface area (Å²) in [6, 6.07) is 6.51. The number of fused-ring (bicyclic) bond motifs is 3. The zero-order valence-electron chi connectivity index (χ0n) is 13.5. The van der Waals surface area contributed by atoms with Gasteiger partial charge in [0.1, 0.15) is 0 Å². The van der Waals surface area contributed by atoms with Gasteiger partial charge in [-0.3, -0.25) is 4.68 Å². The Labute approximate surface area is 136 Å². The smallest absolute Gasteiger partial charge is 0.0996 e. The number of hydrogen-bond acceptors (Lipinski definition) is 2. The van der Waals surface area contributed by atoms with E-state index >= 15 is 0 Å². The van der Waals surface area contributed by atoms with Gasteiger partial charge in [-0.2, -0.15) is 5.10 Å². The average Bonchev–Trinajstić information content (AvgIpc) is 2.89. The van der Waals surface area contributed by atoms with Crippen molar-refractivity contribution in [3.8, 4) is 11.3 Å². The minimum Gasteiger partial charge on any atom is -0.367 e. The quantitative estimate of drug-likeness (QED) is 0.789. The summed E-state index contributed by atoms with van der Waals surface area (Å²) in [7, 11) is 19.5. The van der Waals surface area contributed by atoms with Crippen molar-refractivity contribution >= 4 is 29.2 Å². The van der Waals surface area contributed by atoms with Crippen LogP contribution < -0.4 is 4.90 Å². The van der Waals surface area contributed by atoms with Gasteiger partial charge in [0, 0.05) is 30.1 Å². The first-order valence-corrected chi connectivity index (χ1v) is 7.54. The third-order valence-electron chi connectivity index (χ3n) is 4.47. The molecule has 1 aromatic heterocycles. The Balaban J connectivity index is 2.27. The van der Waals surface area contributed by atoms with Crippen molar-refractivity contribution in [1.29, 1.82) is 0 Å². The summed E-state index contributed by atoms with van der Waals surface area (Å²) >= 11 is 0. The summed E-state index contributed by atoms with van der Waals surface area (Å²) in [5, 5.41) is 3.07. The standard InChI is InChI=1S/C16H18B3N3/c1-9(2)11-6-5-7-12-14-13(10(3)21(4)15(11)12)8-22(20-14)16(17,18)19/h5-10H,1-4H3. The third-order valence-corrected chi connectivity index (χ3v) is 4.47. The van der Waals surface area contributed by atoms with Gasteiger partial charge in [0.05, 0.1) is 35.3 Å². The summed E-state index contributed by atoms with van der Waals surface area (Å²) in [5.74, 6) is 0.436. The fourth-order valence-corrected chi connectivity index (χ4v) is 3.11. The third kappa shape index (κ3) is 2.20. The maximum absolute atomic E-state index is 5.79. The SMILES string of the molecule is [B]C([B])([B])n1cc2c(n1)-c1cccc(C(C)C)c1N(C)C2C. The average molecular weight is 285 g/mol. The molecule has 22 heavy (non-hydrogen) atoms. The van der Waals surface area contributed by atoms with Gasteiger partial charge in [0.25, 0.3) is 0 Å². The fraction of sp³-hybridized carbons (Fsp3) is 0.438. The van der Waals surface area contributed by atoms with Crippen molar-refractivity contribution in [3.05, 3.63) is 35.5 Å². The van der Waals surface area contributed by atoms with Crippen LogP contribution in [0.1, 0.15) is 43.9 Å². The van der Waals surface area contributed by atoms with Gasteiger partial charge in [0.15, 0.2) is 0 Å². The van der Waals surface area contributed by atoms with E-state index in [4.69, 9.17) is 23.5 Å². The molecule has 0 spiro atoms. The first-order chi connectivity index (χ1) is 10.2. The Hall–Kier alpha value is -1.58. The van der Waals surface area contributed by atoms with Crippen molar-refractivity contribution in [2.24, 2.45) is 0 Å². The van der Waals surface area contributed by atoms with Gasteiger partial charge in [0.2, 0.25) is 0 Å². The molecule has 1 aliphatic heterocycles. The van der Waals surface area contributed by atoms with Gasteiger partial charge in [-0.25, -0.2) is 0 Å². The van der Waals surface area contributed by atoms with Crippen LogP contribution in [0.2, 0.25) is 0 Å². The van der Waals surface area contributed by atoms with Crippen molar-refractivity contribution in [2.45, 2.75) is 38.0 Å². The van der Waals surface area contributed by atoms with Gasteiger partial charge < -0.3 is 4.90 Å². The van der Waals surface area contributed by atoms with Gasteiger partial charge >= 0.3 is 0 Å². The summed E-state index contributed by atoms with van der Waals surface area (Å²) < 4.78 is 1.44. The molecule has 1 aliphatic rings. The molecule has 2 aromatic rings. The molecule has 0 fully saturated rings. The molecular formula is C16H18B3N3. The number of rotatable bonds is 2. The van der Waals surface area contributed by atoms with Crippen molar-refractivity contribution in [1.82, 2.24) is 9.78 Å². The highest BCUT2D eigenvalue weighted by Gasteiger charge is 2.32. The number of para-hydroxylation sites is 1.